The van der Waals surface area contributed by atoms with E-state index in [9.17, 15) is 9.18 Å². The number of anilines is 1. The fourth-order valence-corrected chi connectivity index (χ4v) is 2.70. The first-order chi connectivity index (χ1) is 11.6. The molecule has 24 heavy (non-hydrogen) atoms. The first-order valence-electron chi connectivity index (χ1n) is 8.08. The maximum Gasteiger partial charge on any atom is 0.255 e. The molecule has 2 aromatic rings. The average molecular weight is 328 g/mol. The third-order valence-electron chi connectivity index (χ3n) is 4.17. The van der Waals surface area contributed by atoms with Crippen molar-refractivity contribution in [2.24, 2.45) is 0 Å². The molecule has 0 saturated carbocycles. The number of ether oxygens (including phenoxy) is 1. The lowest BCUT2D eigenvalue weighted by atomic mass is 10.1. The van der Waals surface area contributed by atoms with Crippen LogP contribution in [0.25, 0.3) is 0 Å². The molecule has 1 aliphatic rings. The Balaban J connectivity index is 1.64. The summed E-state index contributed by atoms with van der Waals surface area (Å²) in [5, 5.41) is 2.76. The molecule has 0 spiro atoms. The number of aryl methyl sites for hydroxylation is 1. The first kappa shape index (κ1) is 16.6. The predicted octanol–water partition coefficient (Wildman–Crippen LogP) is 3.22. The van der Waals surface area contributed by atoms with Crippen LogP contribution in [0.1, 0.15) is 21.5 Å². The Labute approximate surface area is 141 Å². The van der Waals surface area contributed by atoms with Gasteiger partial charge in [0.1, 0.15) is 5.82 Å². The van der Waals surface area contributed by atoms with Gasteiger partial charge in [0.05, 0.1) is 13.2 Å². The molecule has 0 unspecified atom stereocenters. The normalized spacial score (nSPS) is 15.2. The Morgan fingerprint density at radius 1 is 1.17 bits per heavy atom. The van der Waals surface area contributed by atoms with Gasteiger partial charge in [-0.25, -0.2) is 4.39 Å². The minimum Gasteiger partial charge on any atom is -0.379 e. The molecule has 0 bridgehead atoms. The zero-order valence-electron chi connectivity index (χ0n) is 13.7. The second kappa shape index (κ2) is 7.55. The third-order valence-corrected chi connectivity index (χ3v) is 4.17. The molecule has 1 N–H and O–H groups in total. The molecule has 3 rings (SSSR count). The number of halogens is 1. The quantitative estimate of drug-likeness (QED) is 0.937. The lowest BCUT2D eigenvalue weighted by Crippen LogP contribution is -2.35. The van der Waals surface area contributed by atoms with Crippen molar-refractivity contribution in [3.8, 4) is 0 Å². The summed E-state index contributed by atoms with van der Waals surface area (Å²) >= 11 is 0. The summed E-state index contributed by atoms with van der Waals surface area (Å²) in [5.74, 6) is -0.599. The number of nitrogens with one attached hydrogen (secondary N) is 1. The molecule has 0 aromatic heterocycles. The number of hydrogen-bond acceptors (Lipinski definition) is 3. The van der Waals surface area contributed by atoms with Crippen molar-refractivity contribution < 1.29 is 13.9 Å². The van der Waals surface area contributed by atoms with E-state index in [0.29, 0.717) is 11.3 Å². The highest BCUT2D eigenvalue weighted by Crippen LogP contribution is 2.17. The molecule has 0 atom stereocenters. The second-order valence-corrected chi connectivity index (χ2v) is 6.00. The Kier molecular flexibility index (Phi) is 5.23. The zero-order chi connectivity index (χ0) is 16.9. The average Bonchev–Trinajstić information content (AvgIpc) is 2.60. The van der Waals surface area contributed by atoms with Crippen LogP contribution >= 0.6 is 0 Å². The molecular weight excluding hydrogens is 307 g/mol. The van der Waals surface area contributed by atoms with E-state index in [2.05, 4.69) is 10.2 Å². The van der Waals surface area contributed by atoms with Crippen LogP contribution in [0.3, 0.4) is 0 Å². The minimum atomic E-state index is -0.364. The van der Waals surface area contributed by atoms with Crippen LogP contribution in [-0.4, -0.2) is 37.1 Å². The summed E-state index contributed by atoms with van der Waals surface area (Å²) in [6, 6.07) is 11.9. The summed E-state index contributed by atoms with van der Waals surface area (Å²) in [7, 11) is 0. The Hall–Kier alpha value is -2.24. The van der Waals surface area contributed by atoms with Crippen LogP contribution in [0.5, 0.6) is 0 Å². The SMILES string of the molecule is Cc1ccc(F)cc1NC(=O)c1ccc(CN2CCOCC2)cc1. The molecule has 1 fully saturated rings. The van der Waals surface area contributed by atoms with E-state index in [-0.39, 0.29) is 11.7 Å². The number of carbonyl (C=O) groups excluding carboxylic acids is 1. The van der Waals surface area contributed by atoms with Crippen molar-refractivity contribution in [1.29, 1.82) is 0 Å². The molecule has 1 amide bonds. The predicted molar refractivity (Wildman–Crippen MR) is 91.6 cm³/mol. The van der Waals surface area contributed by atoms with E-state index in [1.807, 2.05) is 19.1 Å². The Morgan fingerprint density at radius 3 is 2.58 bits per heavy atom. The summed E-state index contributed by atoms with van der Waals surface area (Å²) in [6.07, 6.45) is 0. The zero-order valence-corrected chi connectivity index (χ0v) is 13.7. The maximum atomic E-state index is 13.3. The Morgan fingerprint density at radius 2 is 1.88 bits per heavy atom. The minimum absolute atomic E-state index is 0.235. The summed E-state index contributed by atoms with van der Waals surface area (Å²) in [5.41, 5.74) is 3.05. The lowest BCUT2D eigenvalue weighted by molar-refractivity contribution is 0.0342. The standard InChI is InChI=1S/C19H21FN2O2/c1-14-2-7-17(20)12-18(14)21-19(23)16-5-3-15(4-6-16)13-22-8-10-24-11-9-22/h2-7,12H,8-11,13H2,1H3,(H,21,23). The number of benzene rings is 2. The van der Waals surface area contributed by atoms with Crippen molar-refractivity contribution >= 4 is 11.6 Å². The van der Waals surface area contributed by atoms with E-state index in [1.165, 1.54) is 12.1 Å². The van der Waals surface area contributed by atoms with Gasteiger partial charge in [-0.3, -0.25) is 9.69 Å². The van der Waals surface area contributed by atoms with Crippen molar-refractivity contribution in [2.45, 2.75) is 13.5 Å². The number of hydrogen-bond donors (Lipinski definition) is 1. The second-order valence-electron chi connectivity index (χ2n) is 6.00. The topological polar surface area (TPSA) is 41.6 Å². The largest absolute Gasteiger partial charge is 0.379 e. The van der Waals surface area contributed by atoms with Crippen molar-refractivity contribution in [3.63, 3.8) is 0 Å². The van der Waals surface area contributed by atoms with Gasteiger partial charge in [-0.1, -0.05) is 18.2 Å². The molecule has 0 radical (unpaired) electrons. The fraction of sp³-hybridized carbons (Fsp3) is 0.316. The molecule has 1 heterocycles. The van der Waals surface area contributed by atoms with Crippen molar-refractivity contribution in [1.82, 2.24) is 4.90 Å². The smallest absolute Gasteiger partial charge is 0.255 e. The van der Waals surface area contributed by atoms with Crippen LogP contribution in [-0.2, 0) is 11.3 Å². The lowest BCUT2D eigenvalue weighted by Gasteiger charge is -2.26. The highest BCUT2D eigenvalue weighted by Gasteiger charge is 2.12. The van der Waals surface area contributed by atoms with Crippen LogP contribution in [0.2, 0.25) is 0 Å². The monoisotopic (exact) mass is 328 g/mol. The van der Waals surface area contributed by atoms with Gasteiger partial charge < -0.3 is 10.1 Å². The van der Waals surface area contributed by atoms with Crippen LogP contribution < -0.4 is 5.32 Å². The molecule has 2 aromatic carbocycles. The van der Waals surface area contributed by atoms with E-state index in [4.69, 9.17) is 4.74 Å². The maximum absolute atomic E-state index is 13.3. The number of morpholine rings is 1. The summed E-state index contributed by atoms with van der Waals surface area (Å²) in [6.45, 7) is 6.10. The van der Waals surface area contributed by atoms with E-state index < -0.39 is 0 Å². The van der Waals surface area contributed by atoms with Crippen molar-refractivity contribution in [2.75, 3.05) is 31.6 Å². The van der Waals surface area contributed by atoms with Crippen molar-refractivity contribution in [3.05, 3.63) is 65.0 Å². The molecule has 126 valence electrons. The van der Waals surface area contributed by atoms with Crippen LogP contribution in [0, 0.1) is 12.7 Å². The van der Waals surface area contributed by atoms with Gasteiger partial charge in [0.25, 0.3) is 5.91 Å². The molecule has 5 heteroatoms. The van der Waals surface area contributed by atoms with Gasteiger partial charge in [-0.15, -0.1) is 0 Å². The molecule has 0 aliphatic carbocycles. The van der Waals surface area contributed by atoms with Gasteiger partial charge in [0.2, 0.25) is 0 Å². The van der Waals surface area contributed by atoms with E-state index in [0.717, 1.165) is 44.0 Å². The highest BCUT2D eigenvalue weighted by molar-refractivity contribution is 6.04. The van der Waals surface area contributed by atoms with Gasteiger partial charge in [0.15, 0.2) is 0 Å². The number of rotatable bonds is 4. The highest BCUT2D eigenvalue weighted by atomic mass is 19.1. The fourth-order valence-electron chi connectivity index (χ4n) is 2.70. The molecule has 1 saturated heterocycles. The number of amides is 1. The molecule has 4 nitrogen and oxygen atoms in total. The number of nitrogens with zero attached hydrogens (tertiary/aromatic N) is 1. The van der Waals surface area contributed by atoms with Gasteiger partial charge in [-0.05, 0) is 42.3 Å². The third kappa shape index (κ3) is 4.19. The Bertz CT molecular complexity index is 710. The van der Waals surface area contributed by atoms with Crippen LogP contribution in [0.15, 0.2) is 42.5 Å². The van der Waals surface area contributed by atoms with E-state index in [1.54, 1.807) is 18.2 Å². The van der Waals surface area contributed by atoms with Crippen LogP contribution in [0.4, 0.5) is 10.1 Å². The van der Waals surface area contributed by atoms with Gasteiger partial charge in [-0.2, -0.15) is 0 Å². The first-order valence-corrected chi connectivity index (χ1v) is 8.08. The molecule has 1 aliphatic heterocycles. The summed E-state index contributed by atoms with van der Waals surface area (Å²) < 4.78 is 18.7. The van der Waals surface area contributed by atoms with Gasteiger partial charge in [0, 0.05) is 30.9 Å². The van der Waals surface area contributed by atoms with Gasteiger partial charge >= 0.3 is 0 Å². The number of carbonyl (C=O) groups is 1. The summed E-state index contributed by atoms with van der Waals surface area (Å²) in [4.78, 5) is 14.6. The van der Waals surface area contributed by atoms with E-state index >= 15 is 0 Å². The molecular formula is C19H21FN2O2.